The number of benzene rings is 1. The molecule has 1 aliphatic heterocycles. The molecule has 106 valence electrons. The Hall–Kier alpha value is -0.420. The summed E-state index contributed by atoms with van der Waals surface area (Å²) in [5.41, 5.74) is 1.39. The summed E-state index contributed by atoms with van der Waals surface area (Å²) in [6, 6.07) is 9.14. The molecule has 1 N–H and O–H groups in total. The van der Waals surface area contributed by atoms with Crippen LogP contribution < -0.4 is 5.32 Å². The normalized spacial score (nSPS) is 20.9. The van der Waals surface area contributed by atoms with Crippen LogP contribution in [-0.2, 0) is 6.42 Å². The summed E-state index contributed by atoms with van der Waals surface area (Å²) in [6.45, 7) is 5.62. The van der Waals surface area contributed by atoms with E-state index in [1.54, 1.807) is 0 Å². The lowest BCUT2D eigenvalue weighted by Gasteiger charge is -2.35. The van der Waals surface area contributed by atoms with Gasteiger partial charge in [0, 0.05) is 43.2 Å². The molecule has 3 nitrogen and oxygen atoms in total. The molecule has 0 aromatic heterocycles. The van der Waals surface area contributed by atoms with E-state index in [-0.39, 0.29) is 0 Å². The van der Waals surface area contributed by atoms with Crippen LogP contribution >= 0.6 is 15.9 Å². The Morgan fingerprint density at radius 1 is 1.42 bits per heavy atom. The van der Waals surface area contributed by atoms with Crippen LogP contribution in [0.4, 0.5) is 0 Å². The van der Waals surface area contributed by atoms with Gasteiger partial charge >= 0.3 is 0 Å². The molecule has 1 aromatic carbocycles. The van der Waals surface area contributed by atoms with Crippen LogP contribution in [0.25, 0.3) is 0 Å². The molecule has 1 heterocycles. The van der Waals surface area contributed by atoms with Crippen molar-refractivity contribution in [2.24, 2.45) is 0 Å². The summed E-state index contributed by atoms with van der Waals surface area (Å²) >= 11 is 3.62. The predicted octanol–water partition coefficient (Wildman–Crippen LogP) is 1.83. The van der Waals surface area contributed by atoms with E-state index < -0.39 is 0 Å². The fraction of sp³-hybridized carbons (Fsp3) is 0.600. The summed E-state index contributed by atoms with van der Waals surface area (Å²) in [4.78, 5) is 4.90. The van der Waals surface area contributed by atoms with Crippen LogP contribution in [0.1, 0.15) is 5.56 Å². The number of likely N-dealkylation sites (N-methyl/N-ethyl adjacent to an activating group) is 2. The van der Waals surface area contributed by atoms with Crippen molar-refractivity contribution in [2.45, 2.75) is 12.5 Å². The van der Waals surface area contributed by atoms with Crippen molar-refractivity contribution in [3.05, 3.63) is 34.3 Å². The maximum Gasteiger partial charge on any atom is 0.0345 e. The maximum atomic E-state index is 3.62. The van der Waals surface area contributed by atoms with Gasteiger partial charge in [0.05, 0.1) is 0 Å². The van der Waals surface area contributed by atoms with E-state index in [0.29, 0.717) is 6.04 Å². The number of halogens is 1. The first-order valence-corrected chi connectivity index (χ1v) is 7.79. The first kappa shape index (κ1) is 15.0. The number of hydrogen-bond acceptors (Lipinski definition) is 3. The highest BCUT2D eigenvalue weighted by Gasteiger charge is 2.19. The Labute approximate surface area is 125 Å². The summed E-state index contributed by atoms with van der Waals surface area (Å²) in [5, 5.41) is 3.48. The number of rotatable bonds is 5. The third-order valence-corrected chi connectivity index (χ3v) is 4.66. The number of hydrogen-bond donors (Lipinski definition) is 1. The van der Waals surface area contributed by atoms with E-state index in [2.05, 4.69) is 69.4 Å². The molecule has 1 saturated heterocycles. The van der Waals surface area contributed by atoms with Gasteiger partial charge in [0.1, 0.15) is 0 Å². The monoisotopic (exact) mass is 325 g/mol. The Morgan fingerprint density at radius 2 is 2.21 bits per heavy atom. The minimum Gasteiger partial charge on any atom is -0.314 e. The molecule has 0 amide bonds. The molecular formula is C15H24BrN3. The molecule has 1 unspecified atom stereocenters. The molecule has 0 spiro atoms. The Kier molecular flexibility index (Phi) is 5.82. The van der Waals surface area contributed by atoms with Crippen LogP contribution in [-0.4, -0.2) is 62.7 Å². The molecule has 4 heteroatoms. The zero-order valence-electron chi connectivity index (χ0n) is 11.9. The second kappa shape index (κ2) is 7.39. The Morgan fingerprint density at radius 3 is 2.95 bits per heavy atom. The maximum absolute atomic E-state index is 3.62. The molecule has 1 fully saturated rings. The average molecular weight is 326 g/mol. The van der Waals surface area contributed by atoms with Gasteiger partial charge in [-0.3, -0.25) is 4.90 Å². The molecule has 19 heavy (non-hydrogen) atoms. The van der Waals surface area contributed by atoms with Gasteiger partial charge in [-0.15, -0.1) is 0 Å². The SMILES string of the molecule is CN(CCc1ccccc1Br)CC1CNCCN1C. The number of nitrogens with zero attached hydrogens (tertiary/aromatic N) is 2. The third kappa shape index (κ3) is 4.56. The predicted molar refractivity (Wildman–Crippen MR) is 84.6 cm³/mol. The van der Waals surface area contributed by atoms with Gasteiger partial charge in [0.2, 0.25) is 0 Å². The number of piperazine rings is 1. The van der Waals surface area contributed by atoms with E-state index >= 15 is 0 Å². The Bertz CT molecular complexity index is 397. The molecule has 0 radical (unpaired) electrons. The van der Waals surface area contributed by atoms with Gasteiger partial charge in [-0.25, -0.2) is 0 Å². The summed E-state index contributed by atoms with van der Waals surface area (Å²) in [6.07, 6.45) is 1.10. The Balaban J connectivity index is 1.78. The van der Waals surface area contributed by atoms with E-state index in [9.17, 15) is 0 Å². The van der Waals surface area contributed by atoms with E-state index in [1.807, 2.05) is 0 Å². The highest BCUT2D eigenvalue weighted by atomic mass is 79.9. The molecule has 1 aromatic rings. The summed E-state index contributed by atoms with van der Waals surface area (Å²) in [5.74, 6) is 0. The minimum absolute atomic E-state index is 0.637. The van der Waals surface area contributed by atoms with Crippen molar-refractivity contribution in [2.75, 3.05) is 46.8 Å². The molecule has 1 atom stereocenters. The highest BCUT2D eigenvalue weighted by molar-refractivity contribution is 9.10. The first-order chi connectivity index (χ1) is 9.16. The van der Waals surface area contributed by atoms with Crippen LogP contribution in [0, 0.1) is 0 Å². The van der Waals surface area contributed by atoms with Crippen molar-refractivity contribution in [3.8, 4) is 0 Å². The van der Waals surface area contributed by atoms with Crippen molar-refractivity contribution < 1.29 is 0 Å². The van der Waals surface area contributed by atoms with E-state index in [0.717, 1.165) is 39.1 Å². The van der Waals surface area contributed by atoms with Crippen LogP contribution in [0.5, 0.6) is 0 Å². The molecular weight excluding hydrogens is 302 g/mol. The largest absolute Gasteiger partial charge is 0.314 e. The van der Waals surface area contributed by atoms with E-state index in [1.165, 1.54) is 10.0 Å². The molecule has 0 bridgehead atoms. The molecule has 0 saturated carbocycles. The van der Waals surface area contributed by atoms with E-state index in [4.69, 9.17) is 0 Å². The zero-order valence-corrected chi connectivity index (χ0v) is 13.5. The third-order valence-electron chi connectivity index (χ3n) is 3.89. The van der Waals surface area contributed by atoms with Crippen molar-refractivity contribution in [3.63, 3.8) is 0 Å². The summed E-state index contributed by atoms with van der Waals surface area (Å²) in [7, 11) is 4.45. The van der Waals surface area contributed by atoms with Crippen molar-refractivity contribution >= 4 is 15.9 Å². The average Bonchev–Trinajstić information content (AvgIpc) is 2.40. The highest BCUT2D eigenvalue weighted by Crippen LogP contribution is 2.16. The van der Waals surface area contributed by atoms with Crippen LogP contribution in [0.2, 0.25) is 0 Å². The van der Waals surface area contributed by atoms with Crippen LogP contribution in [0.3, 0.4) is 0 Å². The topological polar surface area (TPSA) is 18.5 Å². The fourth-order valence-corrected chi connectivity index (χ4v) is 3.01. The van der Waals surface area contributed by atoms with Gasteiger partial charge in [0.15, 0.2) is 0 Å². The molecule has 1 aliphatic rings. The smallest absolute Gasteiger partial charge is 0.0345 e. The second-order valence-corrected chi connectivity index (χ2v) is 6.30. The standard InChI is InChI=1S/C15H24BrN3/c1-18(12-14-11-17-8-10-19(14)2)9-7-13-5-3-4-6-15(13)16/h3-6,14,17H,7-12H2,1-2H3. The second-order valence-electron chi connectivity index (χ2n) is 5.44. The molecule has 2 rings (SSSR count). The first-order valence-electron chi connectivity index (χ1n) is 6.99. The lowest BCUT2D eigenvalue weighted by atomic mass is 10.1. The lowest BCUT2D eigenvalue weighted by Crippen LogP contribution is -2.53. The van der Waals surface area contributed by atoms with Gasteiger partial charge in [0.25, 0.3) is 0 Å². The molecule has 0 aliphatic carbocycles. The zero-order chi connectivity index (χ0) is 13.7. The fourth-order valence-electron chi connectivity index (χ4n) is 2.53. The van der Waals surface area contributed by atoms with Crippen molar-refractivity contribution in [1.29, 1.82) is 0 Å². The summed E-state index contributed by atoms with van der Waals surface area (Å²) < 4.78 is 1.22. The van der Waals surface area contributed by atoms with Gasteiger partial charge < -0.3 is 10.2 Å². The van der Waals surface area contributed by atoms with Crippen molar-refractivity contribution in [1.82, 2.24) is 15.1 Å². The number of nitrogens with one attached hydrogen (secondary N) is 1. The quantitative estimate of drug-likeness (QED) is 0.891. The van der Waals surface area contributed by atoms with Gasteiger partial charge in [-0.05, 0) is 32.1 Å². The van der Waals surface area contributed by atoms with Gasteiger partial charge in [-0.2, -0.15) is 0 Å². The van der Waals surface area contributed by atoms with Gasteiger partial charge in [-0.1, -0.05) is 34.1 Å². The van der Waals surface area contributed by atoms with Crippen LogP contribution in [0.15, 0.2) is 28.7 Å². The minimum atomic E-state index is 0.637. The lowest BCUT2D eigenvalue weighted by molar-refractivity contribution is 0.153.